The highest BCUT2D eigenvalue weighted by molar-refractivity contribution is 5.94. The molecule has 0 bridgehead atoms. The molecule has 36 heavy (non-hydrogen) atoms. The lowest BCUT2D eigenvalue weighted by molar-refractivity contribution is -0.165. The van der Waals surface area contributed by atoms with Gasteiger partial charge in [0, 0.05) is 0 Å². The second kappa shape index (κ2) is 14.1. The Morgan fingerprint density at radius 1 is 1.00 bits per heavy atom. The van der Waals surface area contributed by atoms with Crippen LogP contribution in [0.4, 0.5) is 0 Å². The van der Waals surface area contributed by atoms with E-state index in [1.807, 2.05) is 37.3 Å². The first-order chi connectivity index (χ1) is 17.4. The van der Waals surface area contributed by atoms with E-state index in [0.717, 1.165) is 24.8 Å². The first-order valence-electron chi connectivity index (χ1n) is 13.2. The molecule has 0 spiro atoms. The van der Waals surface area contributed by atoms with E-state index in [2.05, 4.69) is 16.0 Å². The van der Waals surface area contributed by atoms with Crippen molar-refractivity contribution in [2.45, 2.75) is 82.8 Å². The van der Waals surface area contributed by atoms with Crippen molar-refractivity contribution in [2.75, 3.05) is 13.1 Å². The number of benzene rings is 1. The van der Waals surface area contributed by atoms with Crippen LogP contribution in [0.2, 0.25) is 0 Å². The fourth-order valence-corrected chi connectivity index (χ4v) is 4.40. The fraction of sp³-hybridized carbons (Fsp3) is 0.630. The highest BCUT2D eigenvalue weighted by atomic mass is 16.6. The van der Waals surface area contributed by atoms with Gasteiger partial charge in [-0.15, -0.1) is 0 Å². The number of ether oxygens (including phenoxy) is 1. The molecule has 198 valence electrons. The standard InChI is InChI=1S/C27H40N4O5/c1-2-3-9-22(27(35)36-26(34)20-12-14-29-15-13-20)30-25(33)23(17-19-10-11-19)31-24(32)21(28)16-18-7-5-4-6-8-18/h4-8,19-23,29H,2-3,9-17,28H2,1H3,(H,30,33)(H,31,32)/t21-,22?,23-/m1/s1. The Hall–Kier alpha value is -2.78. The summed E-state index contributed by atoms with van der Waals surface area (Å²) in [6, 6.07) is 6.91. The van der Waals surface area contributed by atoms with E-state index in [9.17, 15) is 19.2 Å². The molecule has 0 radical (unpaired) electrons. The van der Waals surface area contributed by atoms with Crippen LogP contribution < -0.4 is 21.7 Å². The van der Waals surface area contributed by atoms with Crippen molar-refractivity contribution in [2.24, 2.45) is 17.6 Å². The zero-order chi connectivity index (χ0) is 25.9. The second-order valence-electron chi connectivity index (χ2n) is 10.0. The van der Waals surface area contributed by atoms with Crippen LogP contribution in [0, 0.1) is 11.8 Å². The van der Waals surface area contributed by atoms with E-state index in [1.165, 1.54) is 0 Å². The summed E-state index contributed by atoms with van der Waals surface area (Å²) in [4.78, 5) is 51.4. The summed E-state index contributed by atoms with van der Waals surface area (Å²) >= 11 is 0. The summed E-state index contributed by atoms with van der Waals surface area (Å²) in [6.45, 7) is 3.40. The summed E-state index contributed by atoms with van der Waals surface area (Å²) < 4.78 is 5.18. The first kappa shape index (κ1) is 27.8. The minimum atomic E-state index is -0.945. The van der Waals surface area contributed by atoms with Gasteiger partial charge in [-0.25, -0.2) is 4.79 Å². The monoisotopic (exact) mass is 500 g/mol. The summed E-state index contributed by atoms with van der Waals surface area (Å²) in [5, 5.41) is 8.73. The molecule has 9 nitrogen and oxygen atoms in total. The van der Waals surface area contributed by atoms with E-state index in [0.29, 0.717) is 57.5 Å². The van der Waals surface area contributed by atoms with Gasteiger partial charge in [-0.3, -0.25) is 14.4 Å². The number of nitrogens with one attached hydrogen (secondary N) is 3. The number of esters is 2. The van der Waals surface area contributed by atoms with Crippen LogP contribution in [0.15, 0.2) is 30.3 Å². The largest absolute Gasteiger partial charge is 0.391 e. The molecule has 9 heteroatoms. The molecule has 3 atom stereocenters. The smallest absolute Gasteiger partial charge is 0.336 e. The molecule has 1 saturated heterocycles. The molecule has 1 aliphatic heterocycles. The van der Waals surface area contributed by atoms with E-state index in [1.54, 1.807) is 0 Å². The van der Waals surface area contributed by atoms with Crippen molar-refractivity contribution < 1.29 is 23.9 Å². The van der Waals surface area contributed by atoms with Gasteiger partial charge in [0.2, 0.25) is 11.8 Å². The molecular weight excluding hydrogens is 460 g/mol. The van der Waals surface area contributed by atoms with Crippen LogP contribution >= 0.6 is 0 Å². The third kappa shape index (κ3) is 9.02. The van der Waals surface area contributed by atoms with Crippen molar-refractivity contribution in [3.8, 4) is 0 Å². The Bertz CT molecular complexity index is 883. The lowest BCUT2D eigenvalue weighted by Crippen LogP contribution is -2.55. The van der Waals surface area contributed by atoms with Gasteiger partial charge in [-0.05, 0) is 56.7 Å². The normalized spacial score (nSPS) is 18.5. The van der Waals surface area contributed by atoms with E-state index >= 15 is 0 Å². The molecule has 0 aromatic heterocycles. The maximum absolute atomic E-state index is 13.2. The molecule has 1 unspecified atom stereocenters. The second-order valence-corrected chi connectivity index (χ2v) is 10.0. The van der Waals surface area contributed by atoms with Crippen LogP contribution in [-0.4, -0.2) is 55.0 Å². The average molecular weight is 501 g/mol. The maximum atomic E-state index is 13.2. The van der Waals surface area contributed by atoms with Crippen LogP contribution in [0.5, 0.6) is 0 Å². The van der Waals surface area contributed by atoms with Crippen molar-refractivity contribution in [3.63, 3.8) is 0 Å². The molecule has 1 heterocycles. The predicted molar refractivity (Wildman–Crippen MR) is 136 cm³/mol. The van der Waals surface area contributed by atoms with Gasteiger partial charge in [-0.1, -0.05) is 62.9 Å². The number of hydrogen-bond donors (Lipinski definition) is 4. The summed E-state index contributed by atoms with van der Waals surface area (Å²) in [7, 11) is 0. The van der Waals surface area contributed by atoms with Gasteiger partial charge in [-0.2, -0.15) is 0 Å². The molecular formula is C27H40N4O5. The maximum Gasteiger partial charge on any atom is 0.336 e. The summed E-state index contributed by atoms with van der Waals surface area (Å²) in [6.07, 6.45) is 5.95. The van der Waals surface area contributed by atoms with Crippen molar-refractivity contribution in [3.05, 3.63) is 35.9 Å². The minimum absolute atomic E-state index is 0.314. The highest BCUT2D eigenvalue weighted by Gasteiger charge is 2.34. The summed E-state index contributed by atoms with van der Waals surface area (Å²) in [5.41, 5.74) is 7.06. The van der Waals surface area contributed by atoms with Crippen molar-refractivity contribution >= 4 is 23.8 Å². The number of carbonyl (C=O) groups is 4. The zero-order valence-corrected chi connectivity index (χ0v) is 21.2. The molecule has 3 rings (SSSR count). The van der Waals surface area contributed by atoms with Gasteiger partial charge >= 0.3 is 11.9 Å². The number of unbranched alkanes of at least 4 members (excludes halogenated alkanes) is 1. The highest BCUT2D eigenvalue weighted by Crippen LogP contribution is 2.33. The lowest BCUT2D eigenvalue weighted by Gasteiger charge is -2.25. The van der Waals surface area contributed by atoms with Gasteiger partial charge in [0.25, 0.3) is 0 Å². The zero-order valence-electron chi connectivity index (χ0n) is 21.2. The Morgan fingerprint density at radius 3 is 2.31 bits per heavy atom. The number of hydrogen-bond acceptors (Lipinski definition) is 7. The fourth-order valence-electron chi connectivity index (χ4n) is 4.40. The van der Waals surface area contributed by atoms with Crippen LogP contribution in [0.25, 0.3) is 0 Å². The molecule has 2 fully saturated rings. The Balaban J connectivity index is 1.60. The molecule has 1 saturated carbocycles. The van der Waals surface area contributed by atoms with Crippen molar-refractivity contribution in [1.29, 1.82) is 0 Å². The quantitative estimate of drug-likeness (QED) is 0.238. The molecule has 1 aliphatic carbocycles. The molecule has 5 N–H and O–H groups in total. The predicted octanol–water partition coefficient (Wildman–Crippen LogP) is 1.59. The number of nitrogens with two attached hydrogens (primary N) is 1. The Kier molecular flexibility index (Phi) is 10.9. The van der Waals surface area contributed by atoms with E-state index in [4.69, 9.17) is 10.5 Å². The third-order valence-corrected chi connectivity index (χ3v) is 6.86. The van der Waals surface area contributed by atoms with Gasteiger partial charge in [0.1, 0.15) is 12.1 Å². The van der Waals surface area contributed by atoms with Crippen LogP contribution in [0.1, 0.15) is 63.9 Å². The Labute approximate surface area is 213 Å². The number of rotatable bonds is 13. The van der Waals surface area contributed by atoms with Gasteiger partial charge in [0.05, 0.1) is 12.0 Å². The average Bonchev–Trinajstić information content (AvgIpc) is 3.71. The molecule has 2 amide bonds. The lowest BCUT2D eigenvalue weighted by atomic mass is 9.98. The molecule has 1 aromatic rings. The topological polar surface area (TPSA) is 140 Å². The van der Waals surface area contributed by atoms with Gasteiger partial charge < -0.3 is 26.4 Å². The van der Waals surface area contributed by atoms with Crippen LogP contribution in [-0.2, 0) is 30.3 Å². The van der Waals surface area contributed by atoms with E-state index < -0.39 is 41.9 Å². The third-order valence-electron chi connectivity index (χ3n) is 6.86. The van der Waals surface area contributed by atoms with E-state index in [-0.39, 0.29) is 5.92 Å². The minimum Gasteiger partial charge on any atom is -0.391 e. The number of carbonyl (C=O) groups excluding carboxylic acids is 4. The van der Waals surface area contributed by atoms with Crippen molar-refractivity contribution in [1.82, 2.24) is 16.0 Å². The number of amides is 2. The van der Waals surface area contributed by atoms with Gasteiger partial charge in [0.15, 0.2) is 0 Å². The molecule has 2 aliphatic rings. The van der Waals surface area contributed by atoms with Crippen LogP contribution in [0.3, 0.4) is 0 Å². The molecule has 1 aromatic carbocycles. The SMILES string of the molecule is CCCCC(NC(=O)[C@@H](CC1CC1)NC(=O)[C@H](N)Cc1ccccc1)C(=O)OC(=O)C1CCNCC1. The first-order valence-corrected chi connectivity index (χ1v) is 13.2. The summed E-state index contributed by atoms with van der Waals surface area (Å²) in [5.74, 6) is -2.09. The Morgan fingerprint density at radius 2 is 1.67 bits per heavy atom. The number of piperidine rings is 1.